The van der Waals surface area contributed by atoms with Crippen LogP contribution < -0.4 is 9.47 Å². The van der Waals surface area contributed by atoms with Gasteiger partial charge in [-0.3, -0.25) is 4.90 Å². The summed E-state index contributed by atoms with van der Waals surface area (Å²) < 4.78 is 11.8. The lowest BCUT2D eigenvalue weighted by Gasteiger charge is -2.15. The zero-order valence-corrected chi connectivity index (χ0v) is 14.8. The Kier molecular flexibility index (Phi) is 5.17. The van der Waals surface area contributed by atoms with E-state index in [1.165, 1.54) is 11.1 Å². The molecule has 0 fully saturated rings. The Morgan fingerprint density at radius 3 is 2.08 bits per heavy atom. The number of fused-ring (bicyclic) bond motifs is 1. The Bertz CT molecular complexity index is 823. The Labute approximate surface area is 154 Å². The van der Waals surface area contributed by atoms with E-state index in [-0.39, 0.29) is 0 Å². The number of benzene rings is 3. The van der Waals surface area contributed by atoms with E-state index in [4.69, 9.17) is 9.47 Å². The third-order valence-corrected chi connectivity index (χ3v) is 4.64. The lowest BCUT2D eigenvalue weighted by atomic mass is 10.1. The average molecular weight is 345 g/mol. The Morgan fingerprint density at radius 2 is 1.35 bits per heavy atom. The van der Waals surface area contributed by atoms with Crippen molar-refractivity contribution in [3.63, 3.8) is 0 Å². The molecular weight excluding hydrogens is 322 g/mol. The molecule has 132 valence electrons. The first-order valence-corrected chi connectivity index (χ1v) is 9.05. The van der Waals surface area contributed by atoms with Gasteiger partial charge in [0, 0.05) is 25.7 Å². The molecule has 3 aromatic carbocycles. The fraction of sp³-hybridized carbons (Fsp3) is 0.217. The third kappa shape index (κ3) is 4.24. The Hall–Kier alpha value is -2.78. The van der Waals surface area contributed by atoms with E-state index in [0.717, 1.165) is 36.7 Å². The minimum absolute atomic E-state index is 0.566. The van der Waals surface area contributed by atoms with Gasteiger partial charge in [0.2, 0.25) is 0 Å². The summed E-state index contributed by atoms with van der Waals surface area (Å²) in [6.45, 7) is 4.19. The van der Waals surface area contributed by atoms with Crippen molar-refractivity contribution in [2.75, 3.05) is 13.2 Å². The zero-order chi connectivity index (χ0) is 17.6. The lowest BCUT2D eigenvalue weighted by Crippen LogP contribution is -2.22. The molecule has 1 heterocycles. The summed E-state index contributed by atoms with van der Waals surface area (Å²) in [4.78, 5) is 2.42. The summed E-state index contributed by atoms with van der Waals surface area (Å²) >= 11 is 0. The number of nitrogens with zero attached hydrogens (tertiary/aromatic N) is 1. The molecular formula is C23H23NO2. The molecule has 0 amide bonds. The van der Waals surface area contributed by atoms with Crippen molar-refractivity contribution in [2.45, 2.75) is 19.7 Å². The number of ether oxygens (including phenoxy) is 2. The maximum atomic E-state index is 5.94. The molecule has 0 aromatic heterocycles. The van der Waals surface area contributed by atoms with Crippen LogP contribution in [0.1, 0.15) is 16.7 Å². The van der Waals surface area contributed by atoms with Crippen LogP contribution in [-0.2, 0) is 19.7 Å². The maximum absolute atomic E-state index is 5.94. The fourth-order valence-electron chi connectivity index (χ4n) is 3.25. The van der Waals surface area contributed by atoms with Crippen LogP contribution in [0, 0.1) is 0 Å². The van der Waals surface area contributed by atoms with Crippen LogP contribution in [0.4, 0.5) is 0 Å². The Morgan fingerprint density at radius 1 is 0.692 bits per heavy atom. The SMILES string of the molecule is c1ccc(COc2cccc(OCCN3Cc4ccccc4C3)c2)cc1. The summed E-state index contributed by atoms with van der Waals surface area (Å²) in [5.41, 5.74) is 4.03. The summed E-state index contributed by atoms with van der Waals surface area (Å²) in [5, 5.41) is 0. The van der Waals surface area contributed by atoms with Gasteiger partial charge in [-0.05, 0) is 28.8 Å². The largest absolute Gasteiger partial charge is 0.492 e. The quantitative estimate of drug-likeness (QED) is 0.622. The van der Waals surface area contributed by atoms with Crippen molar-refractivity contribution in [3.8, 4) is 11.5 Å². The van der Waals surface area contributed by atoms with Crippen LogP contribution in [0.15, 0.2) is 78.9 Å². The molecule has 3 aromatic rings. The van der Waals surface area contributed by atoms with Gasteiger partial charge in [0.1, 0.15) is 24.7 Å². The predicted molar refractivity (Wildman–Crippen MR) is 103 cm³/mol. The topological polar surface area (TPSA) is 21.7 Å². The van der Waals surface area contributed by atoms with Crippen molar-refractivity contribution in [1.29, 1.82) is 0 Å². The van der Waals surface area contributed by atoms with Crippen LogP contribution >= 0.6 is 0 Å². The molecule has 4 rings (SSSR count). The van der Waals surface area contributed by atoms with E-state index in [9.17, 15) is 0 Å². The maximum Gasteiger partial charge on any atom is 0.123 e. The highest BCUT2D eigenvalue weighted by molar-refractivity contribution is 5.33. The van der Waals surface area contributed by atoms with E-state index < -0.39 is 0 Å². The second-order valence-electron chi connectivity index (χ2n) is 6.58. The molecule has 0 unspecified atom stereocenters. The average Bonchev–Trinajstić information content (AvgIpc) is 3.10. The van der Waals surface area contributed by atoms with Crippen LogP contribution in [0.5, 0.6) is 11.5 Å². The van der Waals surface area contributed by atoms with E-state index >= 15 is 0 Å². The molecule has 1 aliphatic heterocycles. The molecule has 0 aliphatic carbocycles. The van der Waals surface area contributed by atoms with Gasteiger partial charge in [-0.1, -0.05) is 60.7 Å². The predicted octanol–water partition coefficient (Wildman–Crippen LogP) is 4.66. The van der Waals surface area contributed by atoms with Gasteiger partial charge in [0.05, 0.1) is 0 Å². The molecule has 0 saturated carbocycles. The van der Waals surface area contributed by atoms with Crippen molar-refractivity contribution >= 4 is 0 Å². The van der Waals surface area contributed by atoms with Gasteiger partial charge in [-0.15, -0.1) is 0 Å². The van der Waals surface area contributed by atoms with Gasteiger partial charge in [0.25, 0.3) is 0 Å². The molecule has 26 heavy (non-hydrogen) atoms. The van der Waals surface area contributed by atoms with E-state index in [1.807, 2.05) is 42.5 Å². The summed E-state index contributed by atoms with van der Waals surface area (Å²) in [6, 6.07) is 26.7. The smallest absolute Gasteiger partial charge is 0.123 e. The minimum atomic E-state index is 0.566. The van der Waals surface area contributed by atoms with Gasteiger partial charge >= 0.3 is 0 Å². The molecule has 0 bridgehead atoms. The van der Waals surface area contributed by atoms with Crippen molar-refractivity contribution in [2.24, 2.45) is 0 Å². The van der Waals surface area contributed by atoms with Gasteiger partial charge < -0.3 is 9.47 Å². The normalized spacial score (nSPS) is 13.4. The molecule has 0 N–H and O–H groups in total. The van der Waals surface area contributed by atoms with E-state index in [2.05, 4.69) is 41.3 Å². The second-order valence-corrected chi connectivity index (χ2v) is 6.58. The summed E-state index contributed by atoms with van der Waals surface area (Å²) in [5.74, 6) is 1.69. The van der Waals surface area contributed by atoms with E-state index in [1.54, 1.807) is 0 Å². The number of hydrogen-bond acceptors (Lipinski definition) is 3. The molecule has 0 radical (unpaired) electrons. The van der Waals surface area contributed by atoms with Crippen LogP contribution in [0.25, 0.3) is 0 Å². The van der Waals surface area contributed by atoms with Crippen LogP contribution in [0.2, 0.25) is 0 Å². The highest BCUT2D eigenvalue weighted by Gasteiger charge is 2.17. The molecule has 3 heteroatoms. The zero-order valence-electron chi connectivity index (χ0n) is 14.8. The molecule has 1 aliphatic rings. The van der Waals surface area contributed by atoms with E-state index in [0.29, 0.717) is 13.2 Å². The lowest BCUT2D eigenvalue weighted by molar-refractivity contribution is 0.210. The first kappa shape index (κ1) is 16.7. The highest BCUT2D eigenvalue weighted by atomic mass is 16.5. The van der Waals surface area contributed by atoms with Gasteiger partial charge in [0.15, 0.2) is 0 Å². The standard InChI is InChI=1S/C23H23NO2/c1-2-7-19(8-3-1)18-26-23-12-6-11-22(15-23)25-14-13-24-16-20-9-4-5-10-21(20)17-24/h1-12,15H,13-14,16-18H2. The van der Waals surface area contributed by atoms with Crippen LogP contribution in [-0.4, -0.2) is 18.1 Å². The molecule has 0 spiro atoms. The van der Waals surface area contributed by atoms with Gasteiger partial charge in [-0.2, -0.15) is 0 Å². The van der Waals surface area contributed by atoms with Crippen molar-refractivity contribution < 1.29 is 9.47 Å². The van der Waals surface area contributed by atoms with Crippen molar-refractivity contribution in [1.82, 2.24) is 4.90 Å². The summed E-state index contributed by atoms with van der Waals surface area (Å²) in [6.07, 6.45) is 0. The molecule has 0 atom stereocenters. The number of hydrogen-bond donors (Lipinski definition) is 0. The second kappa shape index (κ2) is 8.07. The summed E-state index contributed by atoms with van der Waals surface area (Å²) in [7, 11) is 0. The third-order valence-electron chi connectivity index (χ3n) is 4.64. The first-order chi connectivity index (χ1) is 12.9. The first-order valence-electron chi connectivity index (χ1n) is 9.05. The fourth-order valence-corrected chi connectivity index (χ4v) is 3.25. The number of rotatable bonds is 7. The minimum Gasteiger partial charge on any atom is -0.492 e. The van der Waals surface area contributed by atoms with Crippen molar-refractivity contribution in [3.05, 3.63) is 95.6 Å². The highest BCUT2D eigenvalue weighted by Crippen LogP contribution is 2.23. The molecule has 0 saturated heterocycles. The monoisotopic (exact) mass is 345 g/mol. The Balaban J connectivity index is 1.25. The van der Waals surface area contributed by atoms with Crippen LogP contribution in [0.3, 0.4) is 0 Å². The molecule has 3 nitrogen and oxygen atoms in total. The van der Waals surface area contributed by atoms with Gasteiger partial charge in [-0.25, -0.2) is 0 Å².